The van der Waals surface area contributed by atoms with Gasteiger partial charge < -0.3 is 4.74 Å². The van der Waals surface area contributed by atoms with Crippen LogP contribution in [0.5, 0.6) is 0 Å². The van der Waals surface area contributed by atoms with Crippen molar-refractivity contribution in [3.8, 4) is 0 Å². The minimum Gasteiger partial charge on any atom is -0.501 e. The predicted molar refractivity (Wildman–Crippen MR) is 37.6 cm³/mol. The first-order chi connectivity index (χ1) is 3.41. The lowest BCUT2D eigenvalue weighted by molar-refractivity contribution is 0.274. The second-order valence-electron chi connectivity index (χ2n) is 0.871. The van der Waals surface area contributed by atoms with Crippen LogP contribution in [0.15, 0.2) is 12.8 Å². The summed E-state index contributed by atoms with van der Waals surface area (Å²) in [4.78, 5) is 0. The van der Waals surface area contributed by atoms with Crippen molar-refractivity contribution < 1.29 is 4.74 Å². The van der Waals surface area contributed by atoms with Crippen LogP contribution in [-0.2, 0) is 4.74 Å². The molecular formula is C4H8OS2. The molecule has 0 bridgehead atoms. The van der Waals surface area contributed by atoms with E-state index in [0.29, 0.717) is 6.61 Å². The molecule has 0 unspecified atom stereocenters. The van der Waals surface area contributed by atoms with Crippen molar-refractivity contribution in [3.63, 3.8) is 0 Å². The highest BCUT2D eigenvalue weighted by Gasteiger charge is 1.77. The molecule has 0 fully saturated rings. The van der Waals surface area contributed by atoms with Crippen LogP contribution in [-0.4, -0.2) is 12.4 Å². The van der Waals surface area contributed by atoms with E-state index in [1.165, 1.54) is 17.1 Å². The van der Waals surface area contributed by atoms with Crippen LogP contribution in [0, 0.1) is 0 Å². The first-order valence-corrected chi connectivity index (χ1v) is 3.94. The van der Waals surface area contributed by atoms with E-state index in [1.807, 2.05) is 0 Å². The van der Waals surface area contributed by atoms with Gasteiger partial charge in [-0.3, -0.25) is 0 Å². The van der Waals surface area contributed by atoms with Gasteiger partial charge >= 0.3 is 0 Å². The Morgan fingerprint density at radius 1 is 1.86 bits per heavy atom. The summed E-state index contributed by atoms with van der Waals surface area (Å²) in [7, 11) is 1.46. The zero-order chi connectivity index (χ0) is 5.54. The average molecular weight is 136 g/mol. The van der Waals surface area contributed by atoms with E-state index in [1.54, 1.807) is 0 Å². The van der Waals surface area contributed by atoms with Gasteiger partial charge in [-0.1, -0.05) is 17.4 Å². The van der Waals surface area contributed by atoms with Crippen LogP contribution in [0.4, 0.5) is 0 Å². The third kappa shape index (κ3) is 6.24. The topological polar surface area (TPSA) is 9.23 Å². The highest BCUT2D eigenvalue weighted by molar-refractivity contribution is 8.68. The summed E-state index contributed by atoms with van der Waals surface area (Å²) in [5.41, 5.74) is 0. The van der Waals surface area contributed by atoms with Crippen LogP contribution in [0.3, 0.4) is 0 Å². The largest absolute Gasteiger partial charge is 0.501 e. The van der Waals surface area contributed by atoms with E-state index in [0.717, 1.165) is 5.75 Å². The summed E-state index contributed by atoms with van der Waals surface area (Å²) >= 11 is 3.90. The van der Waals surface area contributed by atoms with Gasteiger partial charge in [-0.15, -0.1) is 11.7 Å². The van der Waals surface area contributed by atoms with Gasteiger partial charge in [0.05, 0.1) is 12.9 Å². The molecule has 0 heterocycles. The molecule has 0 N–H and O–H groups in total. The molecule has 0 aliphatic rings. The molecule has 0 aromatic carbocycles. The third-order valence-corrected chi connectivity index (χ3v) is 1.31. The lowest BCUT2D eigenvalue weighted by atomic mass is 10.8. The smallest absolute Gasteiger partial charge is 0.0971 e. The molecule has 0 aliphatic carbocycles. The molecule has 7 heavy (non-hydrogen) atoms. The van der Waals surface area contributed by atoms with Crippen molar-refractivity contribution in [1.29, 1.82) is 0 Å². The van der Waals surface area contributed by atoms with Gasteiger partial charge in [0.2, 0.25) is 0 Å². The maximum atomic E-state index is 4.77. The highest BCUT2D eigenvalue weighted by atomic mass is 33.1. The molecule has 42 valence electrons. The molecule has 1 nitrogen and oxygen atoms in total. The molecule has 0 amide bonds. The highest BCUT2D eigenvalue weighted by Crippen LogP contribution is 2.02. The van der Waals surface area contributed by atoms with Crippen LogP contribution >= 0.6 is 22.5 Å². The number of rotatable bonds is 4. The van der Waals surface area contributed by atoms with Crippen molar-refractivity contribution in [3.05, 3.63) is 12.8 Å². The molecule has 0 spiro atoms. The van der Waals surface area contributed by atoms with Crippen LogP contribution < -0.4 is 0 Å². The van der Waals surface area contributed by atoms with Crippen LogP contribution in [0.2, 0.25) is 0 Å². The number of thiol groups is 1. The molecular weight excluding hydrogens is 128 g/mol. The number of hydrogen-bond acceptors (Lipinski definition) is 3. The van der Waals surface area contributed by atoms with Crippen LogP contribution in [0.1, 0.15) is 0 Å². The van der Waals surface area contributed by atoms with Gasteiger partial charge in [0.25, 0.3) is 0 Å². The standard InChI is InChI=1S/C4H8OS2/c1-2-5-3-4-7-6/h2,6H,1,3-4H2. The molecule has 0 aromatic rings. The number of ether oxygens (including phenoxy) is 1. The molecule has 0 saturated carbocycles. The lowest BCUT2D eigenvalue weighted by Crippen LogP contribution is -1.86. The summed E-state index contributed by atoms with van der Waals surface area (Å²) in [5.74, 6) is 0.912. The fourth-order valence-electron chi connectivity index (χ4n) is 0.169. The van der Waals surface area contributed by atoms with Gasteiger partial charge in [-0.2, -0.15) is 0 Å². The Bertz CT molecular complexity index is 47.0. The van der Waals surface area contributed by atoms with Gasteiger partial charge in [0.15, 0.2) is 0 Å². The molecule has 3 heteroatoms. The second-order valence-corrected chi connectivity index (χ2v) is 2.31. The Morgan fingerprint density at radius 2 is 2.57 bits per heavy atom. The van der Waals surface area contributed by atoms with Crippen molar-refractivity contribution in [1.82, 2.24) is 0 Å². The van der Waals surface area contributed by atoms with Gasteiger partial charge in [0, 0.05) is 5.75 Å². The van der Waals surface area contributed by atoms with Gasteiger partial charge in [-0.05, 0) is 0 Å². The summed E-state index contributed by atoms with van der Waals surface area (Å²) in [6, 6.07) is 0. The summed E-state index contributed by atoms with van der Waals surface area (Å²) in [6.07, 6.45) is 1.43. The van der Waals surface area contributed by atoms with Crippen molar-refractivity contribution in [2.75, 3.05) is 12.4 Å². The fraction of sp³-hybridized carbons (Fsp3) is 0.500. The monoisotopic (exact) mass is 136 g/mol. The van der Waals surface area contributed by atoms with Crippen molar-refractivity contribution in [2.24, 2.45) is 0 Å². The molecule has 0 atom stereocenters. The van der Waals surface area contributed by atoms with E-state index >= 15 is 0 Å². The normalized spacial score (nSPS) is 8.14. The van der Waals surface area contributed by atoms with Crippen molar-refractivity contribution in [2.45, 2.75) is 0 Å². The summed E-state index contributed by atoms with van der Waals surface area (Å²) in [6.45, 7) is 4.08. The quantitative estimate of drug-likeness (QED) is 0.273. The first kappa shape index (κ1) is 7.24. The van der Waals surface area contributed by atoms with Gasteiger partial charge in [0.1, 0.15) is 0 Å². The van der Waals surface area contributed by atoms with E-state index in [9.17, 15) is 0 Å². The average Bonchev–Trinajstić information content (AvgIpc) is 1.69. The van der Waals surface area contributed by atoms with Crippen molar-refractivity contribution >= 4 is 22.5 Å². The third-order valence-electron chi connectivity index (χ3n) is 0.410. The zero-order valence-corrected chi connectivity index (χ0v) is 5.67. The van der Waals surface area contributed by atoms with Gasteiger partial charge in [-0.25, -0.2) is 0 Å². The Morgan fingerprint density at radius 3 is 3.00 bits per heavy atom. The minimum absolute atomic E-state index is 0.706. The Labute approximate surface area is 52.9 Å². The van der Waals surface area contributed by atoms with E-state index in [2.05, 4.69) is 18.2 Å². The first-order valence-electron chi connectivity index (χ1n) is 1.90. The van der Waals surface area contributed by atoms with E-state index in [4.69, 9.17) is 4.74 Å². The maximum Gasteiger partial charge on any atom is 0.0971 e. The Hall–Kier alpha value is 0.240. The minimum atomic E-state index is 0.706. The summed E-state index contributed by atoms with van der Waals surface area (Å²) < 4.78 is 4.77. The SMILES string of the molecule is C=COCCSS. The Kier molecular flexibility index (Phi) is 6.45. The molecule has 0 aromatic heterocycles. The molecule has 0 rings (SSSR count). The second kappa shape index (κ2) is 6.24. The molecule has 0 aliphatic heterocycles. The summed E-state index contributed by atoms with van der Waals surface area (Å²) in [5, 5.41) is 0. The van der Waals surface area contributed by atoms with E-state index < -0.39 is 0 Å². The van der Waals surface area contributed by atoms with E-state index in [-0.39, 0.29) is 0 Å². The molecule has 0 saturated heterocycles. The Balaban J connectivity index is 2.56. The lowest BCUT2D eigenvalue weighted by Gasteiger charge is -1.93. The van der Waals surface area contributed by atoms with Crippen LogP contribution in [0.25, 0.3) is 0 Å². The predicted octanol–water partition coefficient (Wildman–Crippen LogP) is 1.72. The zero-order valence-electron chi connectivity index (χ0n) is 3.96. The molecule has 0 radical (unpaired) electrons. The fourth-order valence-corrected chi connectivity index (χ4v) is 0.563. The number of hydrogen-bond donors (Lipinski definition) is 1. The maximum absolute atomic E-state index is 4.77.